The quantitative estimate of drug-likeness (QED) is 0.577. The Morgan fingerprint density at radius 2 is 1.94 bits per heavy atom. The van der Waals surface area contributed by atoms with Crippen molar-refractivity contribution in [2.24, 2.45) is 22.1 Å². The highest BCUT2D eigenvalue weighted by Gasteiger charge is 2.44. The number of nitrogens with zero attached hydrogens (tertiary/aromatic N) is 2. The Morgan fingerprint density at radius 3 is 2.44 bits per heavy atom. The summed E-state index contributed by atoms with van der Waals surface area (Å²) in [6, 6.07) is 0.402. The molecular weight excluding hydrogens is 202 g/mol. The molecule has 16 heavy (non-hydrogen) atoms. The molecule has 0 radical (unpaired) electrons. The van der Waals surface area contributed by atoms with Crippen molar-refractivity contribution in [3.05, 3.63) is 11.3 Å². The molecule has 1 atom stereocenters. The van der Waals surface area contributed by atoms with Crippen molar-refractivity contribution in [2.75, 3.05) is 7.05 Å². The second-order valence-corrected chi connectivity index (χ2v) is 4.92. The molecule has 3 saturated carbocycles. The van der Waals surface area contributed by atoms with E-state index in [0.29, 0.717) is 17.3 Å². The first kappa shape index (κ1) is 11.3. The standard InChI is InChI=1S/C12H19N3O/c1-7(8(2)15-13-3)12(16)14-11-6-9-4-10(11)5-9/h9-11H,4-6H2,1-3H3,(H,14,16)/b8-7-,15-13-. The third-order valence-corrected chi connectivity index (χ3v) is 3.88. The first-order valence-corrected chi connectivity index (χ1v) is 5.90. The first-order valence-electron chi connectivity index (χ1n) is 5.90. The van der Waals surface area contributed by atoms with E-state index >= 15 is 0 Å². The molecule has 0 aromatic rings. The van der Waals surface area contributed by atoms with Crippen LogP contribution in [0, 0.1) is 11.8 Å². The smallest absolute Gasteiger partial charge is 0.249 e. The molecule has 3 aliphatic carbocycles. The Kier molecular flexibility index (Phi) is 3.08. The molecule has 3 aliphatic rings. The van der Waals surface area contributed by atoms with Crippen LogP contribution in [0.25, 0.3) is 0 Å². The van der Waals surface area contributed by atoms with Crippen LogP contribution in [0.2, 0.25) is 0 Å². The Bertz CT molecular complexity index is 353. The average Bonchev–Trinajstić information content (AvgIpc) is 2.74. The molecule has 4 heteroatoms. The van der Waals surface area contributed by atoms with Gasteiger partial charge in [-0.15, -0.1) is 0 Å². The minimum absolute atomic E-state index is 0.0162. The molecule has 4 nitrogen and oxygen atoms in total. The number of azo groups is 1. The number of carbonyl (C=O) groups excluding carboxylic acids is 1. The van der Waals surface area contributed by atoms with Crippen LogP contribution < -0.4 is 5.32 Å². The van der Waals surface area contributed by atoms with Gasteiger partial charge in [0, 0.05) is 18.7 Å². The van der Waals surface area contributed by atoms with Gasteiger partial charge in [-0.2, -0.15) is 10.2 Å². The third kappa shape index (κ3) is 2.01. The van der Waals surface area contributed by atoms with Gasteiger partial charge in [0.05, 0.1) is 5.70 Å². The summed E-state index contributed by atoms with van der Waals surface area (Å²) >= 11 is 0. The lowest BCUT2D eigenvalue weighted by Crippen LogP contribution is -2.37. The Balaban J connectivity index is 1.95. The van der Waals surface area contributed by atoms with Gasteiger partial charge in [0.25, 0.3) is 0 Å². The van der Waals surface area contributed by atoms with Crippen molar-refractivity contribution in [3.8, 4) is 0 Å². The molecule has 1 unspecified atom stereocenters. The average molecular weight is 221 g/mol. The summed E-state index contributed by atoms with van der Waals surface area (Å²) in [4.78, 5) is 11.9. The number of nitrogens with one attached hydrogen (secondary N) is 1. The molecule has 2 bridgehead atoms. The van der Waals surface area contributed by atoms with Crippen LogP contribution in [0.1, 0.15) is 33.1 Å². The van der Waals surface area contributed by atoms with Crippen molar-refractivity contribution in [1.29, 1.82) is 0 Å². The fraction of sp³-hybridized carbons (Fsp3) is 0.750. The maximum atomic E-state index is 11.9. The lowest BCUT2D eigenvalue weighted by Gasteiger charge is -2.24. The van der Waals surface area contributed by atoms with Crippen LogP contribution in [-0.4, -0.2) is 19.0 Å². The van der Waals surface area contributed by atoms with Gasteiger partial charge in [-0.3, -0.25) is 4.79 Å². The summed E-state index contributed by atoms with van der Waals surface area (Å²) in [6.45, 7) is 3.62. The lowest BCUT2D eigenvalue weighted by molar-refractivity contribution is -0.118. The summed E-state index contributed by atoms with van der Waals surface area (Å²) in [5.41, 5.74) is 1.38. The highest BCUT2D eigenvalue weighted by molar-refractivity contribution is 5.93. The van der Waals surface area contributed by atoms with E-state index < -0.39 is 0 Å². The van der Waals surface area contributed by atoms with Crippen LogP contribution in [0.3, 0.4) is 0 Å². The van der Waals surface area contributed by atoms with E-state index in [0.717, 1.165) is 18.3 Å². The van der Waals surface area contributed by atoms with Crippen LogP contribution in [-0.2, 0) is 4.79 Å². The number of hydrogen-bond acceptors (Lipinski definition) is 3. The zero-order valence-electron chi connectivity index (χ0n) is 10.2. The second-order valence-electron chi connectivity index (χ2n) is 4.92. The van der Waals surface area contributed by atoms with Gasteiger partial charge in [0.15, 0.2) is 0 Å². The van der Waals surface area contributed by atoms with E-state index in [4.69, 9.17) is 0 Å². The number of hydrogen-bond donors (Lipinski definition) is 1. The predicted molar refractivity (Wildman–Crippen MR) is 61.9 cm³/mol. The van der Waals surface area contributed by atoms with Gasteiger partial charge in [0.1, 0.15) is 0 Å². The molecule has 0 aliphatic heterocycles. The van der Waals surface area contributed by atoms with Crippen LogP contribution in [0.4, 0.5) is 0 Å². The molecule has 0 spiro atoms. The van der Waals surface area contributed by atoms with Crippen molar-refractivity contribution in [1.82, 2.24) is 5.32 Å². The van der Waals surface area contributed by atoms with Gasteiger partial charge in [0.2, 0.25) is 5.91 Å². The van der Waals surface area contributed by atoms with Crippen molar-refractivity contribution in [2.45, 2.75) is 39.2 Å². The normalized spacial score (nSPS) is 33.6. The molecule has 1 N–H and O–H groups in total. The molecule has 0 saturated heterocycles. The SMILES string of the molecule is C/N=N\C(C)=C(\C)C(=O)NC1CC2CC1C2. The van der Waals surface area contributed by atoms with E-state index in [1.807, 2.05) is 6.92 Å². The zero-order valence-corrected chi connectivity index (χ0v) is 10.2. The predicted octanol–water partition coefficient (Wildman–Crippen LogP) is 2.28. The van der Waals surface area contributed by atoms with E-state index in [2.05, 4.69) is 15.5 Å². The molecular formula is C12H19N3O. The maximum absolute atomic E-state index is 11.9. The fourth-order valence-corrected chi connectivity index (χ4v) is 2.70. The van der Waals surface area contributed by atoms with E-state index in [9.17, 15) is 4.79 Å². The molecule has 0 aromatic carbocycles. The summed E-state index contributed by atoms with van der Waals surface area (Å²) < 4.78 is 0. The largest absolute Gasteiger partial charge is 0.349 e. The van der Waals surface area contributed by atoms with Crippen LogP contribution >= 0.6 is 0 Å². The van der Waals surface area contributed by atoms with Crippen molar-refractivity contribution >= 4 is 5.91 Å². The summed E-state index contributed by atoms with van der Waals surface area (Å²) in [6.07, 6.45) is 3.78. The van der Waals surface area contributed by atoms with E-state index in [1.54, 1.807) is 14.0 Å². The lowest BCUT2D eigenvalue weighted by atomic mass is 9.84. The Labute approximate surface area is 96.2 Å². The zero-order chi connectivity index (χ0) is 11.7. The Morgan fingerprint density at radius 1 is 1.25 bits per heavy atom. The minimum Gasteiger partial charge on any atom is -0.349 e. The summed E-state index contributed by atoms with van der Waals surface area (Å²) in [5.74, 6) is 1.62. The molecule has 1 amide bonds. The van der Waals surface area contributed by atoms with Crippen LogP contribution in [0.5, 0.6) is 0 Å². The topological polar surface area (TPSA) is 53.8 Å². The molecule has 0 heterocycles. The first-order chi connectivity index (χ1) is 7.61. The van der Waals surface area contributed by atoms with Crippen molar-refractivity contribution in [3.63, 3.8) is 0 Å². The Hall–Kier alpha value is -1.19. The number of amides is 1. The molecule has 88 valence electrons. The highest BCUT2D eigenvalue weighted by atomic mass is 16.1. The van der Waals surface area contributed by atoms with Crippen LogP contribution in [0.15, 0.2) is 21.5 Å². The summed E-state index contributed by atoms with van der Waals surface area (Å²) in [5, 5.41) is 10.7. The van der Waals surface area contributed by atoms with Gasteiger partial charge < -0.3 is 5.32 Å². The molecule has 3 rings (SSSR count). The van der Waals surface area contributed by atoms with Gasteiger partial charge >= 0.3 is 0 Å². The molecule has 3 fully saturated rings. The number of fused-ring (bicyclic) bond motifs is 1. The summed E-state index contributed by atoms with van der Waals surface area (Å²) in [7, 11) is 1.61. The molecule has 0 aromatic heterocycles. The van der Waals surface area contributed by atoms with Gasteiger partial charge in [-0.05, 0) is 44.9 Å². The van der Waals surface area contributed by atoms with E-state index in [1.165, 1.54) is 12.8 Å². The second kappa shape index (κ2) is 4.36. The highest BCUT2D eigenvalue weighted by Crippen LogP contribution is 2.48. The number of carbonyl (C=O) groups is 1. The maximum Gasteiger partial charge on any atom is 0.249 e. The minimum atomic E-state index is 0.0162. The third-order valence-electron chi connectivity index (χ3n) is 3.88. The van der Waals surface area contributed by atoms with E-state index in [-0.39, 0.29) is 5.91 Å². The fourth-order valence-electron chi connectivity index (χ4n) is 2.70. The number of allylic oxidation sites excluding steroid dienone is 1. The van der Waals surface area contributed by atoms with Crippen molar-refractivity contribution < 1.29 is 4.79 Å². The number of rotatable bonds is 3. The van der Waals surface area contributed by atoms with Gasteiger partial charge in [-0.1, -0.05) is 0 Å². The monoisotopic (exact) mass is 221 g/mol. The van der Waals surface area contributed by atoms with Gasteiger partial charge in [-0.25, -0.2) is 0 Å².